The minimum Gasteiger partial charge on any atom is -0.507 e. The number of carbonyl (C=O) groups excluding carboxylic acids is 1. The Morgan fingerprint density at radius 3 is 2.56 bits per heavy atom. The molecular formula is C17H17BrN2O5. The van der Waals surface area contributed by atoms with E-state index >= 15 is 0 Å². The van der Waals surface area contributed by atoms with E-state index in [0.29, 0.717) is 22.8 Å². The number of ether oxygens (including phenoxy) is 3. The van der Waals surface area contributed by atoms with Crippen molar-refractivity contribution < 1.29 is 24.1 Å². The summed E-state index contributed by atoms with van der Waals surface area (Å²) in [7, 11) is 2.99. The molecule has 0 saturated carbocycles. The Kier molecular flexibility index (Phi) is 6.64. The number of hydrazone groups is 1. The number of benzene rings is 2. The molecule has 0 saturated heterocycles. The maximum absolute atomic E-state index is 11.9. The van der Waals surface area contributed by atoms with Gasteiger partial charge in [-0.15, -0.1) is 0 Å². The Morgan fingerprint density at radius 1 is 1.24 bits per heavy atom. The normalized spacial score (nSPS) is 10.5. The van der Waals surface area contributed by atoms with Gasteiger partial charge in [-0.05, 0) is 30.3 Å². The Bertz CT molecular complexity index is 757. The molecular weight excluding hydrogens is 392 g/mol. The molecule has 0 radical (unpaired) electrons. The van der Waals surface area contributed by atoms with Crippen molar-refractivity contribution in [2.75, 3.05) is 20.8 Å². The molecule has 2 N–H and O–H groups in total. The van der Waals surface area contributed by atoms with Gasteiger partial charge in [-0.1, -0.05) is 22.0 Å². The molecule has 0 aliphatic rings. The smallest absolute Gasteiger partial charge is 0.277 e. The second kappa shape index (κ2) is 8.93. The summed E-state index contributed by atoms with van der Waals surface area (Å²) in [6, 6.07) is 10.0. The zero-order valence-corrected chi connectivity index (χ0v) is 15.2. The lowest BCUT2D eigenvalue weighted by Crippen LogP contribution is -2.24. The average Bonchev–Trinajstić information content (AvgIpc) is 2.62. The summed E-state index contributed by atoms with van der Waals surface area (Å²) in [5.74, 6) is 0.815. The van der Waals surface area contributed by atoms with E-state index in [1.54, 1.807) is 30.3 Å². The van der Waals surface area contributed by atoms with Crippen molar-refractivity contribution >= 4 is 28.1 Å². The molecule has 8 heteroatoms. The molecule has 0 fully saturated rings. The predicted octanol–water partition coefficient (Wildman–Crippen LogP) is 2.70. The lowest BCUT2D eigenvalue weighted by Gasteiger charge is -2.13. The third-order valence-corrected chi connectivity index (χ3v) is 3.61. The summed E-state index contributed by atoms with van der Waals surface area (Å²) >= 11 is 3.29. The fourth-order valence-electron chi connectivity index (χ4n) is 1.93. The number of nitrogens with zero attached hydrogens (tertiary/aromatic N) is 1. The number of methoxy groups -OCH3 is 2. The van der Waals surface area contributed by atoms with Gasteiger partial charge in [0.15, 0.2) is 18.1 Å². The highest BCUT2D eigenvalue weighted by Crippen LogP contribution is 2.36. The summed E-state index contributed by atoms with van der Waals surface area (Å²) in [4.78, 5) is 11.9. The number of amides is 1. The van der Waals surface area contributed by atoms with E-state index in [9.17, 15) is 9.90 Å². The molecule has 0 heterocycles. The molecule has 2 aromatic carbocycles. The Morgan fingerprint density at radius 2 is 1.92 bits per heavy atom. The van der Waals surface area contributed by atoms with E-state index in [1.807, 2.05) is 0 Å². The molecule has 2 aromatic rings. The van der Waals surface area contributed by atoms with Gasteiger partial charge in [0.1, 0.15) is 5.75 Å². The van der Waals surface area contributed by atoms with Crippen molar-refractivity contribution in [1.29, 1.82) is 0 Å². The first-order valence-corrected chi connectivity index (χ1v) is 7.98. The molecule has 0 atom stereocenters. The number of para-hydroxylation sites is 1. The lowest BCUT2D eigenvalue weighted by atomic mass is 10.2. The number of hydrogen-bond acceptors (Lipinski definition) is 6. The summed E-state index contributed by atoms with van der Waals surface area (Å²) in [6.45, 7) is -0.279. The predicted molar refractivity (Wildman–Crippen MR) is 96.6 cm³/mol. The van der Waals surface area contributed by atoms with E-state index in [4.69, 9.17) is 14.2 Å². The number of aromatic hydroxyl groups is 1. The van der Waals surface area contributed by atoms with Crippen LogP contribution in [0.2, 0.25) is 0 Å². The van der Waals surface area contributed by atoms with Crippen LogP contribution in [0.4, 0.5) is 0 Å². The highest BCUT2D eigenvalue weighted by Gasteiger charge is 2.12. The summed E-state index contributed by atoms with van der Waals surface area (Å²) in [5, 5.41) is 13.5. The molecule has 25 heavy (non-hydrogen) atoms. The van der Waals surface area contributed by atoms with Crippen molar-refractivity contribution in [3.05, 3.63) is 46.4 Å². The quantitative estimate of drug-likeness (QED) is 0.542. The number of phenols is 1. The monoisotopic (exact) mass is 408 g/mol. The maximum atomic E-state index is 11.9. The van der Waals surface area contributed by atoms with Gasteiger partial charge in [0.2, 0.25) is 5.75 Å². The van der Waals surface area contributed by atoms with Crippen LogP contribution in [0.25, 0.3) is 0 Å². The molecule has 1 amide bonds. The minimum absolute atomic E-state index is 0.0520. The third-order valence-electron chi connectivity index (χ3n) is 3.11. The van der Waals surface area contributed by atoms with Crippen LogP contribution in [0.15, 0.2) is 46.0 Å². The fraction of sp³-hybridized carbons (Fsp3) is 0.176. The number of rotatable bonds is 7. The Balaban J connectivity index is 1.95. The SMILES string of the molecule is COc1cccc(OC)c1OCC(=O)NN=Cc1cc(Br)ccc1O. The van der Waals surface area contributed by atoms with Crippen molar-refractivity contribution in [2.24, 2.45) is 5.10 Å². The fourth-order valence-corrected chi connectivity index (χ4v) is 2.31. The van der Waals surface area contributed by atoms with Crippen LogP contribution in [0, 0.1) is 0 Å². The molecule has 0 spiro atoms. The first-order chi connectivity index (χ1) is 12.0. The van der Waals surface area contributed by atoms with E-state index < -0.39 is 5.91 Å². The van der Waals surface area contributed by atoms with Crippen molar-refractivity contribution in [3.63, 3.8) is 0 Å². The van der Waals surface area contributed by atoms with Gasteiger partial charge in [-0.25, -0.2) is 5.43 Å². The molecule has 0 unspecified atom stereocenters. The van der Waals surface area contributed by atoms with Gasteiger partial charge in [0.05, 0.1) is 20.4 Å². The van der Waals surface area contributed by atoms with Crippen LogP contribution >= 0.6 is 15.9 Å². The molecule has 0 aliphatic carbocycles. The minimum atomic E-state index is -0.473. The molecule has 2 rings (SSSR count). The van der Waals surface area contributed by atoms with Crippen LogP contribution in [0.1, 0.15) is 5.56 Å². The zero-order valence-electron chi connectivity index (χ0n) is 13.7. The summed E-state index contributed by atoms with van der Waals surface area (Å²) in [5.41, 5.74) is 2.78. The van der Waals surface area contributed by atoms with Crippen LogP contribution in [-0.4, -0.2) is 38.1 Å². The number of halogens is 1. The van der Waals surface area contributed by atoms with Crippen molar-refractivity contribution in [2.45, 2.75) is 0 Å². The van der Waals surface area contributed by atoms with Gasteiger partial charge in [-0.3, -0.25) is 4.79 Å². The highest BCUT2D eigenvalue weighted by molar-refractivity contribution is 9.10. The number of carbonyl (C=O) groups is 1. The topological polar surface area (TPSA) is 89.4 Å². The first kappa shape index (κ1) is 18.6. The second-order valence-electron chi connectivity index (χ2n) is 4.78. The van der Waals surface area contributed by atoms with E-state index in [0.717, 1.165) is 4.47 Å². The molecule has 132 valence electrons. The average molecular weight is 409 g/mol. The first-order valence-electron chi connectivity index (χ1n) is 7.19. The largest absolute Gasteiger partial charge is 0.507 e. The van der Waals surface area contributed by atoms with Gasteiger partial charge >= 0.3 is 0 Å². The van der Waals surface area contributed by atoms with E-state index in [-0.39, 0.29) is 12.4 Å². The molecule has 7 nitrogen and oxygen atoms in total. The van der Waals surface area contributed by atoms with Gasteiger partial charge in [0, 0.05) is 10.0 Å². The van der Waals surface area contributed by atoms with E-state index in [1.165, 1.54) is 26.5 Å². The third kappa shape index (κ3) is 5.12. The standard InChI is InChI=1S/C17H17BrN2O5/c1-23-14-4-3-5-15(24-2)17(14)25-10-16(22)20-19-9-11-8-12(18)6-7-13(11)21/h3-9,21H,10H2,1-2H3,(H,20,22). The Labute approximate surface area is 153 Å². The molecule has 0 aliphatic heterocycles. The van der Waals surface area contributed by atoms with Crippen LogP contribution in [-0.2, 0) is 4.79 Å². The van der Waals surface area contributed by atoms with Crippen molar-refractivity contribution in [1.82, 2.24) is 5.43 Å². The van der Waals surface area contributed by atoms with Gasteiger partial charge < -0.3 is 19.3 Å². The van der Waals surface area contributed by atoms with Gasteiger partial charge in [0.25, 0.3) is 5.91 Å². The lowest BCUT2D eigenvalue weighted by molar-refractivity contribution is -0.123. The maximum Gasteiger partial charge on any atom is 0.277 e. The molecule has 0 bridgehead atoms. The highest BCUT2D eigenvalue weighted by atomic mass is 79.9. The van der Waals surface area contributed by atoms with Crippen LogP contribution in [0.3, 0.4) is 0 Å². The van der Waals surface area contributed by atoms with Crippen LogP contribution < -0.4 is 19.6 Å². The number of phenolic OH excluding ortho intramolecular Hbond substituents is 1. The number of nitrogens with one attached hydrogen (secondary N) is 1. The van der Waals surface area contributed by atoms with Gasteiger partial charge in [-0.2, -0.15) is 5.10 Å². The summed E-state index contributed by atoms with van der Waals surface area (Å²) < 4.78 is 16.6. The number of hydrogen-bond donors (Lipinski definition) is 2. The zero-order chi connectivity index (χ0) is 18.2. The second-order valence-corrected chi connectivity index (χ2v) is 5.69. The van der Waals surface area contributed by atoms with Crippen molar-refractivity contribution in [3.8, 4) is 23.0 Å². The molecule has 0 aromatic heterocycles. The van der Waals surface area contributed by atoms with Crippen LogP contribution in [0.5, 0.6) is 23.0 Å². The Hall–Kier alpha value is -2.74. The van der Waals surface area contributed by atoms with E-state index in [2.05, 4.69) is 26.5 Å². The summed E-state index contributed by atoms with van der Waals surface area (Å²) in [6.07, 6.45) is 1.33.